The molecule has 1 aliphatic heterocycles. The summed E-state index contributed by atoms with van der Waals surface area (Å²) in [5.74, 6) is 1.31. The summed E-state index contributed by atoms with van der Waals surface area (Å²) in [5.41, 5.74) is 1.12. The fraction of sp³-hybridized carbons (Fsp3) is 0.174. The van der Waals surface area contributed by atoms with E-state index in [9.17, 15) is 8.42 Å². The van der Waals surface area contributed by atoms with Gasteiger partial charge < -0.3 is 13.9 Å². The molecule has 1 N–H and O–H groups in total. The number of sulfonamides is 1. The number of nitrogens with one attached hydrogen (secondary N) is 1. The molecular formula is C23H19ClN2O5S. The van der Waals surface area contributed by atoms with E-state index in [1.54, 1.807) is 30.5 Å². The first-order valence-corrected chi connectivity index (χ1v) is 11.9. The molecule has 3 heterocycles. The third-order valence-electron chi connectivity index (χ3n) is 5.13. The number of rotatable bonds is 5. The highest BCUT2D eigenvalue weighted by Crippen LogP contribution is 2.35. The summed E-state index contributed by atoms with van der Waals surface area (Å²) in [5, 5.41) is 1.03. The number of fused-ring (bicyclic) bond motifs is 2. The zero-order chi connectivity index (χ0) is 22.1. The van der Waals surface area contributed by atoms with Crippen LogP contribution in [-0.4, -0.2) is 26.6 Å². The van der Waals surface area contributed by atoms with Crippen molar-refractivity contribution >= 4 is 32.6 Å². The number of benzene rings is 2. The molecule has 9 heteroatoms. The third-order valence-corrected chi connectivity index (χ3v) is 6.87. The van der Waals surface area contributed by atoms with E-state index >= 15 is 0 Å². The lowest BCUT2D eigenvalue weighted by Crippen LogP contribution is -2.29. The first-order valence-electron chi connectivity index (χ1n) is 10.0. The third kappa shape index (κ3) is 4.04. The number of nitrogens with zero attached hydrogens (tertiary/aromatic N) is 1. The topological polar surface area (TPSA) is 90.7 Å². The Morgan fingerprint density at radius 2 is 1.78 bits per heavy atom. The molecule has 164 valence electrons. The number of ether oxygens (including phenoxy) is 2. The molecule has 0 saturated carbocycles. The van der Waals surface area contributed by atoms with Gasteiger partial charge in [-0.3, -0.25) is 0 Å². The molecule has 32 heavy (non-hydrogen) atoms. The predicted octanol–water partition coefficient (Wildman–Crippen LogP) is 4.71. The van der Waals surface area contributed by atoms with Gasteiger partial charge >= 0.3 is 0 Å². The van der Waals surface area contributed by atoms with E-state index < -0.39 is 16.1 Å². The van der Waals surface area contributed by atoms with E-state index in [1.165, 1.54) is 12.1 Å². The van der Waals surface area contributed by atoms with Crippen molar-refractivity contribution in [1.29, 1.82) is 0 Å². The van der Waals surface area contributed by atoms with Crippen LogP contribution in [0.25, 0.3) is 11.0 Å². The van der Waals surface area contributed by atoms with Gasteiger partial charge in [-0.05, 0) is 30.3 Å². The van der Waals surface area contributed by atoms with Crippen molar-refractivity contribution in [3.63, 3.8) is 0 Å². The lowest BCUT2D eigenvalue weighted by atomic mass is 10.1. The monoisotopic (exact) mass is 470 g/mol. The maximum absolute atomic E-state index is 13.4. The van der Waals surface area contributed by atoms with Gasteiger partial charge in [0, 0.05) is 29.6 Å². The number of pyridine rings is 1. The Morgan fingerprint density at radius 1 is 0.969 bits per heavy atom. The van der Waals surface area contributed by atoms with Crippen LogP contribution in [-0.2, 0) is 10.0 Å². The summed E-state index contributed by atoms with van der Waals surface area (Å²) in [4.78, 5) is 4.15. The molecule has 7 nitrogen and oxygen atoms in total. The van der Waals surface area contributed by atoms with Crippen LogP contribution in [0.15, 0.2) is 76.2 Å². The molecule has 2 aromatic carbocycles. The van der Waals surface area contributed by atoms with E-state index in [0.29, 0.717) is 41.6 Å². The van der Waals surface area contributed by atoms with E-state index in [0.717, 1.165) is 11.8 Å². The summed E-state index contributed by atoms with van der Waals surface area (Å²) >= 11 is 6.33. The van der Waals surface area contributed by atoms with E-state index in [4.69, 9.17) is 25.5 Å². The summed E-state index contributed by atoms with van der Waals surface area (Å²) in [6.45, 7) is 0.974. The Balaban J connectivity index is 1.56. The second-order valence-electron chi connectivity index (χ2n) is 7.28. The Morgan fingerprint density at radius 3 is 2.59 bits per heavy atom. The van der Waals surface area contributed by atoms with Gasteiger partial charge in [-0.2, -0.15) is 4.72 Å². The highest BCUT2D eigenvalue weighted by atomic mass is 35.5. The minimum Gasteiger partial charge on any atom is -0.490 e. The van der Waals surface area contributed by atoms with Crippen LogP contribution in [0.3, 0.4) is 0 Å². The van der Waals surface area contributed by atoms with Crippen LogP contribution in [0.1, 0.15) is 23.8 Å². The standard InChI is InChI=1S/C23H19ClN2O5S/c24-23-17(6-3-10-25-23)22(21-13-15-5-1-2-7-18(15)31-21)26-32(27,28)16-8-9-19-20(14-16)30-12-4-11-29-19/h1-3,5-10,13-14,22,26H,4,11-12H2. The molecule has 5 rings (SSSR count). The molecule has 2 aromatic heterocycles. The lowest BCUT2D eigenvalue weighted by molar-refractivity contribution is 0.297. The van der Waals surface area contributed by atoms with Gasteiger partial charge in [-0.15, -0.1) is 0 Å². The maximum atomic E-state index is 13.4. The fourth-order valence-corrected chi connectivity index (χ4v) is 4.99. The zero-order valence-electron chi connectivity index (χ0n) is 16.8. The summed E-state index contributed by atoms with van der Waals surface area (Å²) in [6.07, 6.45) is 2.27. The molecule has 1 atom stereocenters. The second-order valence-corrected chi connectivity index (χ2v) is 9.36. The molecule has 0 saturated heterocycles. The SMILES string of the molecule is O=S(=O)(NC(c1cc2ccccc2o1)c1cccnc1Cl)c1ccc2c(c1)OCCCO2. The fourth-order valence-electron chi connectivity index (χ4n) is 3.57. The normalized spacial score (nSPS) is 14.8. The van der Waals surface area contributed by atoms with Gasteiger partial charge in [0.2, 0.25) is 10.0 Å². The van der Waals surface area contributed by atoms with Gasteiger partial charge in [-0.25, -0.2) is 13.4 Å². The number of aromatic nitrogens is 1. The van der Waals surface area contributed by atoms with Crippen LogP contribution in [0, 0.1) is 0 Å². The number of halogens is 1. The average Bonchev–Trinajstić information content (AvgIpc) is 3.08. The zero-order valence-corrected chi connectivity index (χ0v) is 18.4. The summed E-state index contributed by atoms with van der Waals surface area (Å²) in [6, 6.07) is 16.3. The smallest absolute Gasteiger partial charge is 0.241 e. The predicted molar refractivity (Wildman–Crippen MR) is 120 cm³/mol. The highest BCUT2D eigenvalue weighted by molar-refractivity contribution is 7.89. The van der Waals surface area contributed by atoms with Crippen LogP contribution >= 0.6 is 11.6 Å². The van der Waals surface area contributed by atoms with Crippen molar-refractivity contribution in [2.24, 2.45) is 0 Å². The van der Waals surface area contributed by atoms with E-state index in [-0.39, 0.29) is 10.0 Å². The molecule has 1 unspecified atom stereocenters. The van der Waals surface area contributed by atoms with E-state index in [1.807, 2.05) is 24.3 Å². The van der Waals surface area contributed by atoms with Crippen molar-refractivity contribution in [2.75, 3.05) is 13.2 Å². The van der Waals surface area contributed by atoms with Crippen LogP contribution in [0.2, 0.25) is 5.15 Å². The van der Waals surface area contributed by atoms with Gasteiger partial charge in [0.15, 0.2) is 11.5 Å². The molecule has 0 radical (unpaired) electrons. The van der Waals surface area contributed by atoms with E-state index in [2.05, 4.69) is 9.71 Å². The van der Waals surface area contributed by atoms with Crippen LogP contribution in [0.5, 0.6) is 11.5 Å². The van der Waals surface area contributed by atoms with Gasteiger partial charge in [0.25, 0.3) is 0 Å². The minimum atomic E-state index is -3.99. The molecule has 0 amide bonds. The van der Waals surface area contributed by atoms with Gasteiger partial charge in [0.1, 0.15) is 22.5 Å². The summed E-state index contributed by atoms with van der Waals surface area (Å²) in [7, 11) is -3.99. The number of furan rings is 1. The Labute approximate surface area is 190 Å². The summed E-state index contributed by atoms with van der Waals surface area (Å²) < 4.78 is 46.7. The molecule has 0 aliphatic carbocycles. The molecular weight excluding hydrogens is 452 g/mol. The van der Waals surface area contributed by atoms with Crippen molar-refractivity contribution in [2.45, 2.75) is 17.4 Å². The average molecular weight is 471 g/mol. The number of para-hydroxylation sites is 1. The molecule has 0 fully saturated rings. The van der Waals surface area contributed by atoms with Gasteiger partial charge in [-0.1, -0.05) is 35.9 Å². The van der Waals surface area contributed by atoms with Crippen LogP contribution in [0.4, 0.5) is 0 Å². The highest BCUT2D eigenvalue weighted by Gasteiger charge is 2.28. The van der Waals surface area contributed by atoms with Crippen molar-refractivity contribution < 1.29 is 22.3 Å². The molecule has 0 spiro atoms. The Bertz CT molecular complexity index is 1350. The second kappa shape index (κ2) is 8.46. The van der Waals surface area contributed by atoms with Crippen LogP contribution < -0.4 is 14.2 Å². The number of hydrogen-bond acceptors (Lipinski definition) is 6. The maximum Gasteiger partial charge on any atom is 0.241 e. The van der Waals surface area contributed by atoms with Crippen molar-refractivity contribution in [1.82, 2.24) is 9.71 Å². The molecule has 4 aromatic rings. The Hall–Kier alpha value is -3.07. The minimum absolute atomic E-state index is 0.0443. The Kier molecular flexibility index (Phi) is 5.50. The van der Waals surface area contributed by atoms with Crippen molar-refractivity contribution in [3.05, 3.63) is 83.3 Å². The van der Waals surface area contributed by atoms with Crippen molar-refractivity contribution in [3.8, 4) is 11.5 Å². The molecule has 0 bridgehead atoms. The van der Waals surface area contributed by atoms with Gasteiger partial charge in [0.05, 0.1) is 18.1 Å². The molecule has 1 aliphatic rings. The number of hydrogen-bond donors (Lipinski definition) is 1. The largest absolute Gasteiger partial charge is 0.490 e. The first-order chi connectivity index (χ1) is 15.5. The first kappa shape index (κ1) is 20.8. The quantitative estimate of drug-likeness (QED) is 0.425. The lowest BCUT2D eigenvalue weighted by Gasteiger charge is -2.18.